The van der Waals surface area contributed by atoms with E-state index in [4.69, 9.17) is 0 Å². The molecule has 0 radical (unpaired) electrons. The Labute approximate surface area is 146 Å². The van der Waals surface area contributed by atoms with E-state index < -0.39 is 0 Å². The molecule has 0 unspecified atom stereocenters. The fourth-order valence-electron chi connectivity index (χ4n) is 2.21. The molecule has 0 bridgehead atoms. The lowest BCUT2D eigenvalue weighted by Crippen LogP contribution is -2.39. The molecule has 0 saturated carbocycles. The second-order valence-electron chi connectivity index (χ2n) is 6.05. The number of anilines is 1. The molecule has 128 valence electrons. The molecule has 1 N–H and O–H groups in total. The quantitative estimate of drug-likeness (QED) is 0.799. The van der Waals surface area contributed by atoms with E-state index in [1.54, 1.807) is 16.5 Å². The van der Waals surface area contributed by atoms with Gasteiger partial charge < -0.3 is 10.2 Å². The zero-order valence-electron chi connectivity index (χ0n) is 14.1. The van der Waals surface area contributed by atoms with Crippen molar-refractivity contribution in [1.29, 1.82) is 0 Å². The average molecular weight is 345 g/mol. The van der Waals surface area contributed by atoms with Crippen molar-refractivity contribution in [2.24, 2.45) is 5.92 Å². The number of hydrogen-bond donors (Lipinski definition) is 1. The maximum absolute atomic E-state index is 12.6. The number of nitrogens with zero attached hydrogens (tertiary/aromatic N) is 2. The van der Waals surface area contributed by atoms with Crippen LogP contribution in [0, 0.1) is 5.92 Å². The Morgan fingerprint density at radius 1 is 1.25 bits per heavy atom. The molecule has 1 aromatic heterocycles. The van der Waals surface area contributed by atoms with Crippen LogP contribution in [-0.4, -0.2) is 34.8 Å². The highest BCUT2D eigenvalue weighted by atomic mass is 32.1. The normalized spacial score (nSPS) is 10.6. The Hall–Kier alpha value is -2.21. The standard InChI is InChI=1S/C18H23N3O2S/c1-14(2)8-10-21(13-16(22)20-18-19-9-11-24-18)17(23)12-15-6-4-3-5-7-15/h3-7,9,11,14H,8,10,12-13H2,1-2H3,(H,19,20,22). The van der Waals surface area contributed by atoms with Crippen LogP contribution in [0.3, 0.4) is 0 Å². The summed E-state index contributed by atoms with van der Waals surface area (Å²) in [6.07, 6.45) is 2.81. The molecule has 5 nitrogen and oxygen atoms in total. The van der Waals surface area contributed by atoms with Crippen molar-refractivity contribution in [2.45, 2.75) is 26.7 Å². The maximum Gasteiger partial charge on any atom is 0.245 e. The molecule has 0 aliphatic rings. The van der Waals surface area contributed by atoms with Crippen molar-refractivity contribution in [3.05, 3.63) is 47.5 Å². The van der Waals surface area contributed by atoms with E-state index in [0.29, 0.717) is 24.0 Å². The van der Waals surface area contributed by atoms with Gasteiger partial charge >= 0.3 is 0 Å². The fourth-order valence-corrected chi connectivity index (χ4v) is 2.75. The number of rotatable bonds is 8. The minimum Gasteiger partial charge on any atom is -0.333 e. The SMILES string of the molecule is CC(C)CCN(CC(=O)Nc1nccs1)C(=O)Cc1ccccc1. The summed E-state index contributed by atoms with van der Waals surface area (Å²) in [5, 5.41) is 5.09. The predicted octanol–water partition coefficient (Wildman–Crippen LogP) is 3.20. The van der Waals surface area contributed by atoms with E-state index in [9.17, 15) is 9.59 Å². The first kappa shape index (κ1) is 18.1. The van der Waals surface area contributed by atoms with Crippen molar-refractivity contribution in [2.75, 3.05) is 18.4 Å². The Morgan fingerprint density at radius 3 is 2.62 bits per heavy atom. The molecular formula is C18H23N3O2S. The molecule has 2 amide bonds. The molecule has 24 heavy (non-hydrogen) atoms. The first-order valence-electron chi connectivity index (χ1n) is 8.05. The van der Waals surface area contributed by atoms with Gasteiger partial charge in [0, 0.05) is 18.1 Å². The number of aromatic nitrogens is 1. The number of nitrogens with one attached hydrogen (secondary N) is 1. The van der Waals surface area contributed by atoms with E-state index in [2.05, 4.69) is 24.1 Å². The van der Waals surface area contributed by atoms with Gasteiger partial charge in [-0.3, -0.25) is 9.59 Å². The highest BCUT2D eigenvalue weighted by Crippen LogP contribution is 2.11. The summed E-state index contributed by atoms with van der Waals surface area (Å²) < 4.78 is 0. The molecule has 1 heterocycles. The molecule has 0 aliphatic heterocycles. The van der Waals surface area contributed by atoms with Gasteiger partial charge in [0.25, 0.3) is 0 Å². The molecule has 1 aromatic carbocycles. The molecule has 6 heteroatoms. The van der Waals surface area contributed by atoms with Gasteiger partial charge in [-0.2, -0.15) is 0 Å². The van der Waals surface area contributed by atoms with E-state index >= 15 is 0 Å². The van der Waals surface area contributed by atoms with Crippen molar-refractivity contribution in [3.63, 3.8) is 0 Å². The van der Waals surface area contributed by atoms with Crippen molar-refractivity contribution in [1.82, 2.24) is 9.88 Å². The van der Waals surface area contributed by atoms with Gasteiger partial charge in [0.05, 0.1) is 13.0 Å². The van der Waals surface area contributed by atoms with Crippen molar-refractivity contribution >= 4 is 28.3 Å². The number of carbonyl (C=O) groups excluding carboxylic acids is 2. The molecule has 2 aromatic rings. The summed E-state index contributed by atoms with van der Waals surface area (Å²) in [5.74, 6) is 0.227. The second kappa shape index (κ2) is 9.17. The monoisotopic (exact) mass is 345 g/mol. The van der Waals surface area contributed by atoms with Crippen molar-refractivity contribution in [3.8, 4) is 0 Å². The predicted molar refractivity (Wildman–Crippen MR) is 96.9 cm³/mol. The highest BCUT2D eigenvalue weighted by molar-refractivity contribution is 7.13. The van der Waals surface area contributed by atoms with Crippen LogP contribution in [0.25, 0.3) is 0 Å². The van der Waals surface area contributed by atoms with E-state index in [-0.39, 0.29) is 18.4 Å². The number of amides is 2. The van der Waals surface area contributed by atoms with E-state index in [0.717, 1.165) is 12.0 Å². The molecule has 0 atom stereocenters. The van der Waals surface area contributed by atoms with Gasteiger partial charge in [0.1, 0.15) is 0 Å². The zero-order valence-corrected chi connectivity index (χ0v) is 14.9. The minimum atomic E-state index is -0.213. The van der Waals surface area contributed by atoms with Crippen LogP contribution >= 0.6 is 11.3 Å². The molecule has 0 aliphatic carbocycles. The van der Waals surface area contributed by atoms with Crippen LogP contribution < -0.4 is 5.32 Å². The van der Waals surface area contributed by atoms with Gasteiger partial charge in [0.15, 0.2) is 5.13 Å². The average Bonchev–Trinajstić information content (AvgIpc) is 3.05. The molecular weight excluding hydrogens is 322 g/mol. The summed E-state index contributed by atoms with van der Waals surface area (Å²) >= 11 is 1.36. The number of benzene rings is 1. The Kier molecular flexibility index (Phi) is 6.93. The summed E-state index contributed by atoms with van der Waals surface area (Å²) in [6, 6.07) is 9.60. The maximum atomic E-state index is 12.6. The minimum absolute atomic E-state index is 0.0314. The highest BCUT2D eigenvalue weighted by Gasteiger charge is 2.18. The van der Waals surface area contributed by atoms with Crippen LogP contribution in [0.15, 0.2) is 41.9 Å². The summed E-state index contributed by atoms with van der Waals surface area (Å²) in [6.45, 7) is 4.84. The van der Waals surface area contributed by atoms with Crippen molar-refractivity contribution < 1.29 is 9.59 Å². The first-order chi connectivity index (χ1) is 11.5. The number of hydrogen-bond acceptors (Lipinski definition) is 4. The largest absolute Gasteiger partial charge is 0.333 e. The fraction of sp³-hybridized carbons (Fsp3) is 0.389. The summed E-state index contributed by atoms with van der Waals surface area (Å²) in [5.41, 5.74) is 0.956. The lowest BCUT2D eigenvalue weighted by Gasteiger charge is -2.23. The Bertz CT molecular complexity index is 642. The lowest BCUT2D eigenvalue weighted by molar-refractivity contribution is -0.134. The summed E-state index contributed by atoms with van der Waals surface area (Å²) in [4.78, 5) is 30.4. The Balaban J connectivity index is 1.97. The van der Waals surface area contributed by atoms with Crippen LogP contribution in [0.2, 0.25) is 0 Å². The summed E-state index contributed by atoms with van der Waals surface area (Å²) in [7, 11) is 0. The lowest BCUT2D eigenvalue weighted by atomic mass is 10.1. The van der Waals surface area contributed by atoms with Gasteiger partial charge in [-0.15, -0.1) is 11.3 Å². The van der Waals surface area contributed by atoms with Gasteiger partial charge in [0.2, 0.25) is 11.8 Å². The van der Waals surface area contributed by atoms with E-state index in [1.807, 2.05) is 30.3 Å². The van der Waals surface area contributed by atoms with Gasteiger partial charge in [-0.25, -0.2) is 4.98 Å². The third-order valence-electron chi connectivity index (χ3n) is 3.54. The zero-order chi connectivity index (χ0) is 17.4. The molecule has 0 spiro atoms. The number of carbonyl (C=O) groups is 2. The third kappa shape index (κ3) is 6.12. The van der Waals surface area contributed by atoms with Crippen LogP contribution in [0.1, 0.15) is 25.8 Å². The third-order valence-corrected chi connectivity index (χ3v) is 4.23. The topological polar surface area (TPSA) is 62.3 Å². The first-order valence-corrected chi connectivity index (χ1v) is 8.93. The smallest absolute Gasteiger partial charge is 0.245 e. The van der Waals surface area contributed by atoms with Gasteiger partial charge in [-0.05, 0) is 17.9 Å². The van der Waals surface area contributed by atoms with Gasteiger partial charge in [-0.1, -0.05) is 44.2 Å². The second-order valence-corrected chi connectivity index (χ2v) is 6.94. The van der Waals surface area contributed by atoms with Crippen LogP contribution in [-0.2, 0) is 16.0 Å². The molecule has 0 fully saturated rings. The van der Waals surface area contributed by atoms with Crippen LogP contribution in [0.4, 0.5) is 5.13 Å². The Morgan fingerprint density at radius 2 is 2.00 bits per heavy atom. The molecule has 2 rings (SSSR count). The number of thiazole rings is 1. The van der Waals surface area contributed by atoms with E-state index in [1.165, 1.54) is 11.3 Å². The molecule has 0 saturated heterocycles. The van der Waals surface area contributed by atoms with Crippen LogP contribution in [0.5, 0.6) is 0 Å².